The molecular formula is C24H25N5. The minimum absolute atomic E-state index is 0.0434. The Balaban J connectivity index is 1.69. The minimum atomic E-state index is 0.0434. The number of nitrogens with zero attached hydrogens (tertiary/aromatic N) is 4. The number of anilines is 1. The molecular weight excluding hydrogens is 358 g/mol. The van der Waals surface area contributed by atoms with Crippen LogP contribution in [0.25, 0.3) is 16.5 Å². The Morgan fingerprint density at radius 3 is 2.86 bits per heavy atom. The zero-order chi connectivity index (χ0) is 20.4. The molecule has 0 fully saturated rings. The van der Waals surface area contributed by atoms with Gasteiger partial charge < -0.3 is 10.2 Å². The van der Waals surface area contributed by atoms with Crippen LogP contribution in [-0.2, 0) is 0 Å². The number of nitrogens with one attached hydrogen (secondary N) is 1. The van der Waals surface area contributed by atoms with E-state index in [1.54, 1.807) is 6.20 Å². The highest BCUT2D eigenvalue weighted by molar-refractivity contribution is 5.93. The average Bonchev–Trinajstić information content (AvgIpc) is 2.74. The number of likely N-dealkylation sites (N-methyl/N-ethyl adjacent to an activating group) is 1. The SMILES string of the molecule is Cc1c(C#N)cccc1[C@@H](C)Nc1cnnc2ccc(C3=CCN(C)CC3)cc12. The number of hydrogen-bond donors (Lipinski definition) is 1. The van der Waals surface area contributed by atoms with E-state index < -0.39 is 0 Å². The normalized spacial score (nSPS) is 15.6. The second-order valence-corrected chi connectivity index (χ2v) is 7.73. The maximum Gasteiger partial charge on any atom is 0.0994 e. The van der Waals surface area contributed by atoms with E-state index >= 15 is 0 Å². The van der Waals surface area contributed by atoms with Crippen LogP contribution < -0.4 is 5.32 Å². The van der Waals surface area contributed by atoms with Crippen molar-refractivity contribution in [3.05, 3.63) is 70.9 Å². The van der Waals surface area contributed by atoms with Crippen molar-refractivity contribution >= 4 is 22.2 Å². The van der Waals surface area contributed by atoms with Gasteiger partial charge in [0.05, 0.1) is 29.0 Å². The molecule has 3 aromatic rings. The molecule has 2 aromatic carbocycles. The molecule has 29 heavy (non-hydrogen) atoms. The zero-order valence-electron chi connectivity index (χ0n) is 17.1. The summed E-state index contributed by atoms with van der Waals surface area (Å²) in [6.07, 6.45) is 5.15. The van der Waals surface area contributed by atoms with Crippen molar-refractivity contribution in [2.75, 3.05) is 25.5 Å². The van der Waals surface area contributed by atoms with Crippen LogP contribution in [0.4, 0.5) is 5.69 Å². The lowest BCUT2D eigenvalue weighted by molar-refractivity contribution is 0.370. The van der Waals surface area contributed by atoms with Crippen LogP contribution in [-0.4, -0.2) is 35.2 Å². The molecule has 146 valence electrons. The first-order valence-electron chi connectivity index (χ1n) is 9.96. The molecule has 1 aliphatic rings. The van der Waals surface area contributed by atoms with E-state index in [-0.39, 0.29) is 6.04 Å². The predicted octanol–water partition coefficient (Wildman–Crippen LogP) is 4.70. The number of hydrogen-bond acceptors (Lipinski definition) is 5. The number of aromatic nitrogens is 2. The van der Waals surface area contributed by atoms with Crippen LogP contribution in [0.3, 0.4) is 0 Å². The summed E-state index contributed by atoms with van der Waals surface area (Å²) in [5.74, 6) is 0. The van der Waals surface area contributed by atoms with Gasteiger partial charge in [-0.15, -0.1) is 0 Å². The van der Waals surface area contributed by atoms with Crippen LogP contribution in [0.5, 0.6) is 0 Å². The maximum absolute atomic E-state index is 9.33. The first-order chi connectivity index (χ1) is 14.1. The number of benzene rings is 2. The lowest BCUT2D eigenvalue weighted by Gasteiger charge is -2.22. The molecule has 1 N–H and O–H groups in total. The van der Waals surface area contributed by atoms with E-state index in [1.165, 1.54) is 11.1 Å². The molecule has 1 atom stereocenters. The second-order valence-electron chi connectivity index (χ2n) is 7.73. The van der Waals surface area contributed by atoms with E-state index in [2.05, 4.69) is 64.7 Å². The summed E-state index contributed by atoms with van der Waals surface area (Å²) in [5.41, 5.74) is 7.31. The first-order valence-corrected chi connectivity index (χ1v) is 9.96. The highest BCUT2D eigenvalue weighted by Crippen LogP contribution is 2.31. The van der Waals surface area contributed by atoms with Crippen LogP contribution >= 0.6 is 0 Å². The van der Waals surface area contributed by atoms with Crippen LogP contribution in [0.15, 0.2) is 48.7 Å². The smallest absolute Gasteiger partial charge is 0.0994 e. The summed E-state index contributed by atoms with van der Waals surface area (Å²) in [5, 5.41) is 22.5. The van der Waals surface area contributed by atoms with E-state index in [0.717, 1.165) is 47.2 Å². The Labute approximate surface area is 171 Å². The van der Waals surface area contributed by atoms with E-state index in [4.69, 9.17) is 0 Å². The van der Waals surface area contributed by atoms with Crippen molar-refractivity contribution in [3.63, 3.8) is 0 Å². The van der Waals surface area contributed by atoms with Crippen LogP contribution in [0.2, 0.25) is 0 Å². The molecule has 0 spiro atoms. The van der Waals surface area contributed by atoms with Crippen molar-refractivity contribution in [1.82, 2.24) is 15.1 Å². The molecule has 2 heterocycles. The largest absolute Gasteiger partial charge is 0.377 e. The summed E-state index contributed by atoms with van der Waals surface area (Å²) < 4.78 is 0. The van der Waals surface area contributed by atoms with E-state index in [1.807, 2.05) is 25.1 Å². The van der Waals surface area contributed by atoms with Gasteiger partial charge in [0.15, 0.2) is 0 Å². The monoisotopic (exact) mass is 383 g/mol. The molecule has 0 amide bonds. The van der Waals surface area contributed by atoms with Crippen molar-refractivity contribution in [2.45, 2.75) is 26.3 Å². The van der Waals surface area contributed by atoms with E-state index in [0.29, 0.717) is 5.56 Å². The third-order valence-electron chi connectivity index (χ3n) is 5.76. The third-order valence-corrected chi connectivity index (χ3v) is 5.76. The molecule has 4 rings (SSSR count). The van der Waals surface area contributed by atoms with E-state index in [9.17, 15) is 5.26 Å². The molecule has 0 bridgehead atoms. The van der Waals surface area contributed by atoms with Crippen LogP contribution in [0.1, 0.15) is 41.6 Å². The van der Waals surface area contributed by atoms with Gasteiger partial charge >= 0.3 is 0 Å². The van der Waals surface area contributed by atoms with Gasteiger partial charge in [-0.05, 0) is 67.8 Å². The molecule has 0 saturated heterocycles. The summed E-state index contributed by atoms with van der Waals surface area (Å²) >= 11 is 0. The Morgan fingerprint density at radius 2 is 2.10 bits per heavy atom. The lowest BCUT2D eigenvalue weighted by Crippen LogP contribution is -2.23. The Kier molecular flexibility index (Phi) is 5.28. The van der Waals surface area contributed by atoms with Gasteiger partial charge in [-0.25, -0.2) is 0 Å². The molecule has 0 saturated carbocycles. The lowest BCUT2D eigenvalue weighted by atomic mass is 9.97. The first kappa shape index (κ1) is 19.1. The fourth-order valence-electron chi connectivity index (χ4n) is 3.96. The highest BCUT2D eigenvalue weighted by Gasteiger charge is 2.15. The van der Waals surface area contributed by atoms with Crippen molar-refractivity contribution in [2.24, 2.45) is 0 Å². The van der Waals surface area contributed by atoms with Crippen LogP contribution in [0, 0.1) is 18.3 Å². The standard InChI is InChI=1S/C24H25N5/c1-16-20(14-25)5-4-6-21(16)17(2)27-24-15-26-28-23-8-7-19(13-22(23)24)18-9-11-29(3)12-10-18/h4-9,13,15,17H,10-12H2,1-3H3,(H,27,28)/t17-/m1/s1. The van der Waals surface area contributed by atoms with Gasteiger partial charge in [-0.3, -0.25) is 0 Å². The molecule has 0 radical (unpaired) electrons. The van der Waals surface area contributed by atoms with Gasteiger partial charge in [-0.1, -0.05) is 24.3 Å². The van der Waals surface area contributed by atoms with Gasteiger partial charge in [0, 0.05) is 24.5 Å². The molecule has 5 nitrogen and oxygen atoms in total. The quantitative estimate of drug-likeness (QED) is 0.707. The fourth-order valence-corrected chi connectivity index (χ4v) is 3.96. The number of nitriles is 1. The van der Waals surface area contributed by atoms with Gasteiger partial charge in [0.1, 0.15) is 0 Å². The zero-order valence-corrected chi connectivity index (χ0v) is 17.1. The average molecular weight is 383 g/mol. The summed E-state index contributed by atoms with van der Waals surface area (Å²) in [6.45, 7) is 6.17. The molecule has 0 aliphatic carbocycles. The van der Waals surface area contributed by atoms with Crippen molar-refractivity contribution in [3.8, 4) is 6.07 Å². The van der Waals surface area contributed by atoms with Crippen molar-refractivity contribution < 1.29 is 0 Å². The van der Waals surface area contributed by atoms with Crippen molar-refractivity contribution in [1.29, 1.82) is 5.26 Å². The molecule has 5 heteroatoms. The minimum Gasteiger partial charge on any atom is -0.377 e. The number of rotatable bonds is 4. The molecule has 0 unspecified atom stereocenters. The van der Waals surface area contributed by atoms with Gasteiger partial charge in [0.2, 0.25) is 0 Å². The maximum atomic E-state index is 9.33. The Morgan fingerprint density at radius 1 is 1.24 bits per heavy atom. The highest BCUT2D eigenvalue weighted by atomic mass is 15.1. The third kappa shape index (κ3) is 3.85. The summed E-state index contributed by atoms with van der Waals surface area (Å²) in [4.78, 5) is 2.32. The topological polar surface area (TPSA) is 64.8 Å². The number of fused-ring (bicyclic) bond motifs is 1. The summed E-state index contributed by atoms with van der Waals surface area (Å²) in [6, 6.07) is 14.6. The Hall–Kier alpha value is -3.23. The summed E-state index contributed by atoms with van der Waals surface area (Å²) in [7, 11) is 2.15. The predicted molar refractivity (Wildman–Crippen MR) is 118 cm³/mol. The fraction of sp³-hybridized carbons (Fsp3) is 0.292. The van der Waals surface area contributed by atoms with Gasteiger partial charge in [-0.2, -0.15) is 15.5 Å². The second kappa shape index (κ2) is 8.02. The molecule has 1 aliphatic heterocycles. The van der Waals surface area contributed by atoms with Gasteiger partial charge in [0.25, 0.3) is 0 Å². The molecule has 1 aromatic heterocycles. The Bertz CT molecular complexity index is 1130.